The smallest absolute Gasteiger partial charge is 0.266 e. The highest BCUT2D eigenvalue weighted by atomic mass is 32.2. The van der Waals surface area contributed by atoms with E-state index in [0.29, 0.717) is 29.0 Å². The number of hydrogen-bond acceptors (Lipinski definition) is 6. The van der Waals surface area contributed by atoms with E-state index in [2.05, 4.69) is 0 Å². The Morgan fingerprint density at radius 2 is 1.44 bits per heavy atom. The van der Waals surface area contributed by atoms with Gasteiger partial charge in [0, 0.05) is 6.42 Å². The third-order valence-electron chi connectivity index (χ3n) is 5.12. The highest BCUT2D eigenvalue weighted by Crippen LogP contribution is 2.33. The number of thiocarbonyl (C=S) groups is 1. The Morgan fingerprint density at radius 3 is 2.06 bits per heavy atom. The molecule has 0 atom stereocenters. The zero-order chi connectivity index (χ0) is 23.8. The van der Waals surface area contributed by atoms with Crippen molar-refractivity contribution >= 4 is 40.3 Å². The standard InChI is InChI=1S/C27H25NO4S2/c1-30-22-12-14-24(15-13-22)32-17-5-16-31-23-10-8-20(9-11-23)18-25-26(29)28(27(33)34-25)19-21-6-3-2-4-7-21/h2-4,6-15,18H,5,16-17,19H2,1H3/b25-18+. The van der Waals surface area contributed by atoms with E-state index < -0.39 is 0 Å². The minimum Gasteiger partial charge on any atom is -0.497 e. The van der Waals surface area contributed by atoms with Crippen LogP contribution in [0.3, 0.4) is 0 Å². The molecule has 1 saturated heterocycles. The predicted octanol–water partition coefficient (Wildman–Crippen LogP) is 5.94. The largest absolute Gasteiger partial charge is 0.497 e. The van der Waals surface area contributed by atoms with Crippen LogP contribution in [-0.2, 0) is 11.3 Å². The highest BCUT2D eigenvalue weighted by molar-refractivity contribution is 8.26. The maximum absolute atomic E-state index is 12.8. The summed E-state index contributed by atoms with van der Waals surface area (Å²) >= 11 is 6.77. The molecule has 1 aliphatic heterocycles. The zero-order valence-corrected chi connectivity index (χ0v) is 20.4. The van der Waals surface area contributed by atoms with Crippen molar-refractivity contribution in [2.24, 2.45) is 0 Å². The van der Waals surface area contributed by atoms with Crippen molar-refractivity contribution in [3.8, 4) is 17.2 Å². The second kappa shape index (κ2) is 11.7. The molecule has 1 fully saturated rings. The molecule has 4 rings (SSSR count). The van der Waals surface area contributed by atoms with Crippen LogP contribution in [0.25, 0.3) is 6.08 Å². The van der Waals surface area contributed by atoms with Gasteiger partial charge in [-0.2, -0.15) is 0 Å². The van der Waals surface area contributed by atoms with E-state index in [1.54, 1.807) is 12.0 Å². The molecule has 174 valence electrons. The number of benzene rings is 3. The van der Waals surface area contributed by atoms with Crippen LogP contribution in [0.4, 0.5) is 0 Å². The van der Waals surface area contributed by atoms with Gasteiger partial charge in [0.15, 0.2) is 0 Å². The Balaban J connectivity index is 1.24. The highest BCUT2D eigenvalue weighted by Gasteiger charge is 2.31. The maximum Gasteiger partial charge on any atom is 0.266 e. The summed E-state index contributed by atoms with van der Waals surface area (Å²) in [5.74, 6) is 2.33. The molecule has 3 aromatic carbocycles. The number of rotatable bonds is 10. The van der Waals surface area contributed by atoms with Crippen LogP contribution in [0.5, 0.6) is 17.2 Å². The van der Waals surface area contributed by atoms with Gasteiger partial charge in [0.2, 0.25) is 0 Å². The van der Waals surface area contributed by atoms with Gasteiger partial charge in [-0.05, 0) is 53.6 Å². The monoisotopic (exact) mass is 491 g/mol. The number of thioether (sulfide) groups is 1. The van der Waals surface area contributed by atoms with E-state index >= 15 is 0 Å². The topological polar surface area (TPSA) is 48.0 Å². The average molecular weight is 492 g/mol. The van der Waals surface area contributed by atoms with Gasteiger partial charge in [0.05, 0.1) is 31.8 Å². The molecule has 7 heteroatoms. The fourth-order valence-corrected chi connectivity index (χ4v) is 4.58. The number of amides is 1. The molecule has 0 spiro atoms. The van der Waals surface area contributed by atoms with Gasteiger partial charge in [0.1, 0.15) is 21.6 Å². The predicted molar refractivity (Wildman–Crippen MR) is 140 cm³/mol. The molecular weight excluding hydrogens is 466 g/mol. The summed E-state index contributed by atoms with van der Waals surface area (Å²) in [6.07, 6.45) is 2.63. The first-order valence-electron chi connectivity index (χ1n) is 10.9. The molecule has 0 N–H and O–H groups in total. The Labute approximate surface area is 209 Å². The number of carbonyl (C=O) groups is 1. The van der Waals surface area contributed by atoms with Gasteiger partial charge in [-0.1, -0.05) is 66.4 Å². The molecule has 1 heterocycles. The summed E-state index contributed by atoms with van der Waals surface area (Å²) in [4.78, 5) is 15.1. The molecule has 3 aromatic rings. The molecule has 0 aromatic heterocycles. The third-order valence-corrected chi connectivity index (χ3v) is 6.50. The SMILES string of the molecule is COc1ccc(OCCCOc2ccc(/C=C3/SC(=S)N(Cc4ccccc4)C3=O)cc2)cc1. The van der Waals surface area contributed by atoms with Crippen molar-refractivity contribution in [3.63, 3.8) is 0 Å². The van der Waals surface area contributed by atoms with E-state index in [0.717, 1.165) is 34.8 Å². The molecule has 0 bridgehead atoms. The first-order chi connectivity index (χ1) is 16.6. The van der Waals surface area contributed by atoms with Crippen molar-refractivity contribution in [3.05, 3.63) is 94.9 Å². The summed E-state index contributed by atoms with van der Waals surface area (Å²) < 4.78 is 17.2. The van der Waals surface area contributed by atoms with Crippen LogP contribution in [-0.4, -0.2) is 35.5 Å². The number of methoxy groups -OCH3 is 1. The van der Waals surface area contributed by atoms with Crippen LogP contribution >= 0.6 is 24.0 Å². The first-order valence-corrected chi connectivity index (χ1v) is 12.1. The fraction of sp³-hybridized carbons (Fsp3) is 0.185. The Hall–Kier alpha value is -3.29. The summed E-state index contributed by atoms with van der Waals surface area (Å²) in [6.45, 7) is 1.60. The molecule has 0 radical (unpaired) electrons. The molecule has 1 amide bonds. The second-order valence-corrected chi connectivity index (χ2v) is 9.22. The van der Waals surface area contributed by atoms with Crippen LogP contribution in [0.1, 0.15) is 17.5 Å². The number of ether oxygens (including phenoxy) is 3. The summed E-state index contributed by atoms with van der Waals surface area (Å²) in [7, 11) is 1.64. The fourth-order valence-electron chi connectivity index (χ4n) is 3.32. The van der Waals surface area contributed by atoms with Crippen molar-refractivity contribution < 1.29 is 19.0 Å². The normalized spacial score (nSPS) is 14.5. The van der Waals surface area contributed by atoms with Crippen LogP contribution in [0.15, 0.2) is 83.8 Å². The van der Waals surface area contributed by atoms with E-state index in [1.807, 2.05) is 84.9 Å². The maximum atomic E-state index is 12.8. The summed E-state index contributed by atoms with van der Waals surface area (Å²) in [5, 5.41) is 0. The summed E-state index contributed by atoms with van der Waals surface area (Å²) in [5.41, 5.74) is 1.98. The lowest BCUT2D eigenvalue weighted by Crippen LogP contribution is -2.27. The van der Waals surface area contributed by atoms with Gasteiger partial charge in [-0.15, -0.1) is 0 Å². The third kappa shape index (κ3) is 6.40. The number of hydrogen-bond donors (Lipinski definition) is 0. The van der Waals surface area contributed by atoms with Crippen LogP contribution < -0.4 is 14.2 Å². The minimum atomic E-state index is -0.0592. The zero-order valence-electron chi connectivity index (χ0n) is 18.8. The van der Waals surface area contributed by atoms with Gasteiger partial charge >= 0.3 is 0 Å². The number of nitrogens with zero attached hydrogens (tertiary/aromatic N) is 1. The lowest BCUT2D eigenvalue weighted by molar-refractivity contribution is -0.122. The van der Waals surface area contributed by atoms with Crippen molar-refractivity contribution in [1.29, 1.82) is 0 Å². The van der Waals surface area contributed by atoms with Crippen molar-refractivity contribution in [2.45, 2.75) is 13.0 Å². The molecule has 0 aliphatic carbocycles. The summed E-state index contributed by atoms with van der Waals surface area (Å²) in [6, 6.07) is 25.0. The van der Waals surface area contributed by atoms with Crippen molar-refractivity contribution in [1.82, 2.24) is 4.90 Å². The molecule has 0 saturated carbocycles. The number of carbonyl (C=O) groups excluding carboxylic acids is 1. The van der Waals surface area contributed by atoms with E-state index in [-0.39, 0.29) is 5.91 Å². The van der Waals surface area contributed by atoms with Gasteiger partial charge in [-0.25, -0.2) is 0 Å². The quantitative estimate of drug-likeness (QED) is 0.199. The molecule has 34 heavy (non-hydrogen) atoms. The van der Waals surface area contributed by atoms with E-state index in [1.165, 1.54) is 11.8 Å². The Morgan fingerprint density at radius 1 is 0.853 bits per heavy atom. The van der Waals surface area contributed by atoms with Gasteiger partial charge < -0.3 is 14.2 Å². The molecule has 5 nitrogen and oxygen atoms in total. The van der Waals surface area contributed by atoms with Crippen LogP contribution in [0, 0.1) is 0 Å². The lowest BCUT2D eigenvalue weighted by Gasteiger charge is -2.14. The van der Waals surface area contributed by atoms with Crippen molar-refractivity contribution in [2.75, 3.05) is 20.3 Å². The van der Waals surface area contributed by atoms with E-state index in [9.17, 15) is 4.79 Å². The van der Waals surface area contributed by atoms with E-state index in [4.69, 9.17) is 26.4 Å². The molecule has 1 aliphatic rings. The Kier molecular flexibility index (Phi) is 8.22. The molecule has 0 unspecified atom stereocenters. The Bertz CT molecular complexity index is 1150. The minimum absolute atomic E-state index is 0.0592. The van der Waals surface area contributed by atoms with Crippen LogP contribution in [0.2, 0.25) is 0 Å². The first kappa shape index (κ1) is 23.9. The van der Waals surface area contributed by atoms with Gasteiger partial charge in [0.25, 0.3) is 5.91 Å². The van der Waals surface area contributed by atoms with Gasteiger partial charge in [-0.3, -0.25) is 9.69 Å². The lowest BCUT2D eigenvalue weighted by atomic mass is 10.2. The molecular formula is C27H25NO4S2. The average Bonchev–Trinajstić information content (AvgIpc) is 3.13. The second-order valence-electron chi connectivity index (χ2n) is 7.55.